The van der Waals surface area contributed by atoms with Gasteiger partial charge in [0.15, 0.2) is 0 Å². The number of nitrogens with zero attached hydrogens (tertiary/aromatic N) is 3. The second-order valence-electron chi connectivity index (χ2n) is 5.62. The number of sulfonamides is 1. The number of benzene rings is 1. The van der Waals surface area contributed by atoms with E-state index in [1.54, 1.807) is 41.4 Å². The molecule has 25 heavy (non-hydrogen) atoms. The largest absolute Gasteiger partial charge is 0.497 e. The fourth-order valence-electron chi connectivity index (χ4n) is 2.71. The highest BCUT2D eigenvalue weighted by Crippen LogP contribution is 2.22. The Labute approximate surface area is 146 Å². The minimum absolute atomic E-state index is 0.133. The Bertz CT molecular complexity index is 847. The van der Waals surface area contributed by atoms with Crippen molar-refractivity contribution in [2.24, 2.45) is 0 Å². The Morgan fingerprint density at radius 1 is 1.12 bits per heavy atom. The van der Waals surface area contributed by atoms with Crippen molar-refractivity contribution in [1.82, 2.24) is 14.2 Å². The van der Waals surface area contributed by atoms with E-state index in [4.69, 9.17) is 4.74 Å². The summed E-state index contributed by atoms with van der Waals surface area (Å²) >= 11 is 0. The van der Waals surface area contributed by atoms with Gasteiger partial charge in [0.1, 0.15) is 5.75 Å². The van der Waals surface area contributed by atoms with Crippen LogP contribution in [0, 0.1) is 0 Å². The Balaban J connectivity index is 1.70. The molecule has 1 aromatic heterocycles. The zero-order valence-electron chi connectivity index (χ0n) is 13.8. The van der Waals surface area contributed by atoms with Gasteiger partial charge < -0.3 is 9.64 Å². The second kappa shape index (κ2) is 7.20. The average molecular weight is 361 g/mol. The van der Waals surface area contributed by atoms with Crippen molar-refractivity contribution >= 4 is 15.9 Å². The minimum atomic E-state index is -3.61. The quantitative estimate of drug-likeness (QED) is 0.818. The lowest BCUT2D eigenvalue weighted by atomic mass is 10.2. The molecule has 0 radical (unpaired) electrons. The standard InChI is InChI=1S/C17H19N3O4S/c1-24-15-5-2-6-16(12-15)25(22,23)20-10-8-19(9-11-20)17(21)14-4-3-7-18-13-14/h2-7,12-13H,8-11H2,1H3. The monoisotopic (exact) mass is 361 g/mol. The van der Waals surface area contributed by atoms with E-state index < -0.39 is 10.0 Å². The van der Waals surface area contributed by atoms with Gasteiger partial charge in [0.25, 0.3) is 5.91 Å². The summed E-state index contributed by atoms with van der Waals surface area (Å²) in [6.07, 6.45) is 3.12. The van der Waals surface area contributed by atoms with E-state index in [0.717, 1.165) is 0 Å². The molecule has 0 bridgehead atoms. The van der Waals surface area contributed by atoms with Crippen LogP contribution in [0.2, 0.25) is 0 Å². The Hall–Kier alpha value is -2.45. The number of methoxy groups -OCH3 is 1. The molecule has 132 valence electrons. The zero-order valence-corrected chi connectivity index (χ0v) is 14.6. The number of hydrogen-bond acceptors (Lipinski definition) is 5. The first-order valence-corrected chi connectivity index (χ1v) is 9.30. The molecule has 1 fully saturated rings. The number of carbonyl (C=O) groups is 1. The number of ether oxygens (including phenoxy) is 1. The average Bonchev–Trinajstić information content (AvgIpc) is 2.68. The van der Waals surface area contributed by atoms with Crippen molar-refractivity contribution in [3.05, 3.63) is 54.4 Å². The van der Waals surface area contributed by atoms with Gasteiger partial charge in [-0.1, -0.05) is 6.07 Å². The maximum Gasteiger partial charge on any atom is 0.255 e. The lowest BCUT2D eigenvalue weighted by Gasteiger charge is -2.34. The number of carbonyl (C=O) groups excluding carboxylic acids is 1. The highest BCUT2D eigenvalue weighted by molar-refractivity contribution is 7.89. The first-order valence-electron chi connectivity index (χ1n) is 7.86. The number of pyridine rings is 1. The number of aromatic nitrogens is 1. The molecule has 1 aliphatic rings. The predicted molar refractivity (Wildman–Crippen MR) is 91.9 cm³/mol. The van der Waals surface area contributed by atoms with Gasteiger partial charge in [-0.2, -0.15) is 4.31 Å². The van der Waals surface area contributed by atoms with E-state index in [9.17, 15) is 13.2 Å². The molecule has 2 heterocycles. The third-order valence-electron chi connectivity index (χ3n) is 4.11. The molecular weight excluding hydrogens is 342 g/mol. The van der Waals surface area contributed by atoms with Crippen LogP contribution in [0.4, 0.5) is 0 Å². The summed E-state index contributed by atoms with van der Waals surface area (Å²) in [4.78, 5) is 18.2. The number of hydrogen-bond donors (Lipinski definition) is 0. The van der Waals surface area contributed by atoms with Crippen molar-refractivity contribution in [3.63, 3.8) is 0 Å². The van der Waals surface area contributed by atoms with Crippen molar-refractivity contribution in [3.8, 4) is 5.75 Å². The molecule has 0 atom stereocenters. The lowest BCUT2D eigenvalue weighted by Crippen LogP contribution is -2.50. The normalized spacial score (nSPS) is 15.8. The maximum atomic E-state index is 12.8. The van der Waals surface area contributed by atoms with Gasteiger partial charge in [-0.05, 0) is 24.3 Å². The van der Waals surface area contributed by atoms with Crippen molar-refractivity contribution in [2.45, 2.75) is 4.90 Å². The minimum Gasteiger partial charge on any atom is -0.497 e. The summed E-state index contributed by atoms with van der Waals surface area (Å²) in [7, 11) is -2.11. The molecule has 1 saturated heterocycles. The second-order valence-corrected chi connectivity index (χ2v) is 7.55. The highest BCUT2D eigenvalue weighted by Gasteiger charge is 2.30. The van der Waals surface area contributed by atoms with Gasteiger partial charge in [-0.25, -0.2) is 8.42 Å². The molecule has 8 heteroatoms. The van der Waals surface area contributed by atoms with Crippen LogP contribution in [0.25, 0.3) is 0 Å². The third-order valence-corrected chi connectivity index (χ3v) is 6.01. The molecule has 0 aliphatic carbocycles. The number of amides is 1. The van der Waals surface area contributed by atoms with E-state index in [0.29, 0.717) is 24.4 Å². The van der Waals surface area contributed by atoms with Gasteiger partial charge in [-0.3, -0.25) is 9.78 Å². The van der Waals surface area contributed by atoms with Crippen molar-refractivity contribution in [2.75, 3.05) is 33.3 Å². The van der Waals surface area contributed by atoms with E-state index >= 15 is 0 Å². The molecule has 3 rings (SSSR count). The first-order chi connectivity index (χ1) is 12.0. The first kappa shape index (κ1) is 17.4. The summed E-state index contributed by atoms with van der Waals surface area (Å²) in [5.41, 5.74) is 0.506. The van der Waals surface area contributed by atoms with Crippen LogP contribution < -0.4 is 4.74 Å². The van der Waals surface area contributed by atoms with Crippen LogP contribution in [0.3, 0.4) is 0 Å². The number of piperazine rings is 1. The topological polar surface area (TPSA) is 79.8 Å². The summed E-state index contributed by atoms with van der Waals surface area (Å²) in [6, 6.07) is 9.80. The summed E-state index contributed by atoms with van der Waals surface area (Å²) in [6.45, 7) is 1.20. The summed E-state index contributed by atoms with van der Waals surface area (Å²) < 4.78 is 32.0. The fraction of sp³-hybridized carbons (Fsp3) is 0.294. The smallest absolute Gasteiger partial charge is 0.255 e. The van der Waals surface area contributed by atoms with Gasteiger partial charge >= 0.3 is 0 Å². The summed E-state index contributed by atoms with van der Waals surface area (Å²) in [5.74, 6) is 0.359. The van der Waals surface area contributed by atoms with Crippen LogP contribution in [-0.4, -0.2) is 61.8 Å². The van der Waals surface area contributed by atoms with Crippen molar-refractivity contribution in [1.29, 1.82) is 0 Å². The Morgan fingerprint density at radius 3 is 2.52 bits per heavy atom. The fourth-order valence-corrected chi connectivity index (χ4v) is 4.17. The highest BCUT2D eigenvalue weighted by atomic mass is 32.2. The van der Waals surface area contributed by atoms with Gasteiger partial charge in [0, 0.05) is 44.6 Å². The Morgan fingerprint density at radius 2 is 1.88 bits per heavy atom. The SMILES string of the molecule is COc1cccc(S(=O)(=O)N2CCN(C(=O)c3cccnc3)CC2)c1. The molecule has 0 saturated carbocycles. The van der Waals surface area contributed by atoms with Crippen LogP contribution >= 0.6 is 0 Å². The van der Waals surface area contributed by atoms with Gasteiger partial charge in [-0.15, -0.1) is 0 Å². The van der Waals surface area contributed by atoms with E-state index in [1.807, 2.05) is 0 Å². The van der Waals surface area contributed by atoms with Gasteiger partial charge in [0.2, 0.25) is 10.0 Å². The molecule has 1 aromatic carbocycles. The zero-order chi connectivity index (χ0) is 17.9. The molecular formula is C17H19N3O4S. The van der Waals surface area contributed by atoms with Gasteiger partial charge in [0.05, 0.1) is 17.6 Å². The summed E-state index contributed by atoms with van der Waals surface area (Å²) in [5, 5.41) is 0. The van der Waals surface area contributed by atoms with Crippen LogP contribution in [-0.2, 0) is 10.0 Å². The van der Waals surface area contributed by atoms with Crippen LogP contribution in [0.1, 0.15) is 10.4 Å². The van der Waals surface area contributed by atoms with Crippen LogP contribution in [0.5, 0.6) is 5.75 Å². The van der Waals surface area contributed by atoms with E-state index in [-0.39, 0.29) is 23.9 Å². The Kier molecular flexibility index (Phi) is 5.00. The third kappa shape index (κ3) is 3.64. The van der Waals surface area contributed by atoms with Crippen molar-refractivity contribution < 1.29 is 17.9 Å². The molecule has 1 amide bonds. The van der Waals surface area contributed by atoms with Crippen LogP contribution in [0.15, 0.2) is 53.7 Å². The molecule has 0 spiro atoms. The number of rotatable bonds is 4. The lowest BCUT2D eigenvalue weighted by molar-refractivity contribution is 0.0697. The predicted octanol–water partition coefficient (Wildman–Crippen LogP) is 1.24. The van der Waals surface area contributed by atoms with E-state index in [1.165, 1.54) is 23.7 Å². The molecule has 0 N–H and O–H groups in total. The molecule has 2 aromatic rings. The van der Waals surface area contributed by atoms with E-state index in [2.05, 4.69) is 4.98 Å². The molecule has 1 aliphatic heterocycles. The molecule has 7 nitrogen and oxygen atoms in total. The maximum absolute atomic E-state index is 12.8. The molecule has 0 unspecified atom stereocenters.